The van der Waals surface area contributed by atoms with E-state index in [0.717, 1.165) is 43.5 Å². The molecule has 2 heterocycles. The van der Waals surface area contributed by atoms with Crippen LogP contribution in [0.4, 0.5) is 0 Å². The number of hydrogen-bond donors (Lipinski definition) is 2. The first-order valence-corrected chi connectivity index (χ1v) is 7.20. The molecule has 20 heavy (non-hydrogen) atoms. The number of hydrogen-bond acceptors (Lipinski definition) is 3. The van der Waals surface area contributed by atoms with E-state index in [-0.39, 0.29) is 24.0 Å². The first kappa shape index (κ1) is 17.2. The fourth-order valence-electron chi connectivity index (χ4n) is 2.13. The summed E-state index contributed by atoms with van der Waals surface area (Å²) in [4.78, 5) is 4.59. The van der Waals surface area contributed by atoms with Gasteiger partial charge >= 0.3 is 0 Å². The number of aromatic nitrogens is 3. The molecule has 2 rings (SSSR count). The van der Waals surface area contributed by atoms with Crippen LogP contribution in [0.25, 0.3) is 0 Å². The van der Waals surface area contributed by atoms with Crippen LogP contribution in [0.5, 0.6) is 0 Å². The molecule has 7 heteroatoms. The normalized spacial score (nSPS) is 15.4. The van der Waals surface area contributed by atoms with Crippen molar-refractivity contribution in [2.45, 2.75) is 59.2 Å². The first-order valence-electron chi connectivity index (χ1n) is 7.20. The highest BCUT2D eigenvalue weighted by Crippen LogP contribution is 2.14. The zero-order valence-corrected chi connectivity index (χ0v) is 14.8. The van der Waals surface area contributed by atoms with E-state index in [2.05, 4.69) is 51.2 Å². The molecular formula is C13H25IN6. The highest BCUT2D eigenvalue weighted by molar-refractivity contribution is 14.0. The molecule has 0 spiro atoms. The Kier molecular flexibility index (Phi) is 7.25. The second kappa shape index (κ2) is 8.43. The number of aliphatic imine (C=N–C) groups is 1. The van der Waals surface area contributed by atoms with Gasteiger partial charge in [0.25, 0.3) is 0 Å². The van der Waals surface area contributed by atoms with Crippen molar-refractivity contribution in [2.24, 2.45) is 4.99 Å². The number of rotatable bonds is 5. The Bertz CT molecular complexity index is 442. The Morgan fingerprint density at radius 1 is 1.40 bits per heavy atom. The highest BCUT2D eigenvalue weighted by atomic mass is 127. The maximum atomic E-state index is 4.59. The SMILES string of the molecule is CCNC(=NCc1nnc2n1CCC2)NC(C)CC.I. The molecule has 1 aliphatic heterocycles. The number of aryl methyl sites for hydroxylation is 1. The van der Waals surface area contributed by atoms with Gasteiger partial charge in [-0.1, -0.05) is 6.92 Å². The van der Waals surface area contributed by atoms with E-state index < -0.39 is 0 Å². The second-order valence-electron chi connectivity index (χ2n) is 4.94. The summed E-state index contributed by atoms with van der Waals surface area (Å²) in [5.74, 6) is 2.92. The van der Waals surface area contributed by atoms with Gasteiger partial charge in [0.05, 0.1) is 0 Å². The van der Waals surface area contributed by atoms with Crippen LogP contribution in [0.3, 0.4) is 0 Å². The molecule has 1 aliphatic rings. The maximum absolute atomic E-state index is 4.59. The van der Waals surface area contributed by atoms with Crippen LogP contribution in [-0.4, -0.2) is 33.3 Å². The van der Waals surface area contributed by atoms with E-state index in [1.165, 1.54) is 6.42 Å². The average molecular weight is 392 g/mol. The minimum absolute atomic E-state index is 0. The van der Waals surface area contributed by atoms with E-state index in [0.29, 0.717) is 12.6 Å². The van der Waals surface area contributed by atoms with Gasteiger partial charge in [0.2, 0.25) is 0 Å². The molecule has 0 saturated heterocycles. The lowest BCUT2D eigenvalue weighted by Crippen LogP contribution is -2.42. The first-order chi connectivity index (χ1) is 9.24. The van der Waals surface area contributed by atoms with Crippen molar-refractivity contribution in [3.05, 3.63) is 11.6 Å². The lowest BCUT2D eigenvalue weighted by molar-refractivity contribution is 0.621. The van der Waals surface area contributed by atoms with Gasteiger partial charge < -0.3 is 15.2 Å². The monoisotopic (exact) mass is 392 g/mol. The van der Waals surface area contributed by atoms with Crippen LogP contribution in [0.1, 0.15) is 45.3 Å². The number of guanidine groups is 1. The fraction of sp³-hybridized carbons (Fsp3) is 0.769. The van der Waals surface area contributed by atoms with E-state index >= 15 is 0 Å². The largest absolute Gasteiger partial charge is 0.357 e. The number of fused-ring (bicyclic) bond motifs is 1. The molecule has 0 radical (unpaired) electrons. The molecule has 114 valence electrons. The van der Waals surface area contributed by atoms with Crippen LogP contribution in [0.15, 0.2) is 4.99 Å². The van der Waals surface area contributed by atoms with Crippen LogP contribution in [0, 0.1) is 0 Å². The molecule has 0 amide bonds. The summed E-state index contributed by atoms with van der Waals surface area (Å²) in [7, 11) is 0. The minimum atomic E-state index is 0. The standard InChI is InChI=1S/C13H24N6.HI/c1-4-10(3)16-13(14-5-2)15-9-12-18-17-11-7-6-8-19(11)12;/h10H,4-9H2,1-3H3,(H2,14,15,16);1H. The van der Waals surface area contributed by atoms with Gasteiger partial charge in [-0.15, -0.1) is 34.2 Å². The third-order valence-electron chi connectivity index (χ3n) is 3.40. The second-order valence-corrected chi connectivity index (χ2v) is 4.94. The summed E-state index contributed by atoms with van der Waals surface area (Å²) in [6, 6.07) is 0.418. The Morgan fingerprint density at radius 2 is 2.20 bits per heavy atom. The van der Waals surface area contributed by atoms with Crippen molar-refractivity contribution < 1.29 is 0 Å². The highest BCUT2D eigenvalue weighted by Gasteiger charge is 2.16. The van der Waals surface area contributed by atoms with Gasteiger partial charge in [0, 0.05) is 25.6 Å². The molecule has 0 saturated carbocycles. The molecule has 6 nitrogen and oxygen atoms in total. The molecule has 0 aliphatic carbocycles. The van der Waals surface area contributed by atoms with Crippen molar-refractivity contribution in [1.29, 1.82) is 0 Å². The zero-order valence-electron chi connectivity index (χ0n) is 12.5. The van der Waals surface area contributed by atoms with Crippen molar-refractivity contribution >= 4 is 29.9 Å². The van der Waals surface area contributed by atoms with E-state index in [9.17, 15) is 0 Å². The average Bonchev–Trinajstić information content (AvgIpc) is 2.99. The van der Waals surface area contributed by atoms with Crippen molar-refractivity contribution in [2.75, 3.05) is 6.54 Å². The molecular weight excluding hydrogens is 367 g/mol. The summed E-state index contributed by atoms with van der Waals surface area (Å²) >= 11 is 0. The van der Waals surface area contributed by atoms with Gasteiger partial charge in [0.1, 0.15) is 12.4 Å². The maximum Gasteiger partial charge on any atom is 0.191 e. The molecule has 0 fully saturated rings. The number of nitrogens with one attached hydrogen (secondary N) is 2. The molecule has 0 bridgehead atoms. The number of nitrogens with zero attached hydrogens (tertiary/aromatic N) is 4. The summed E-state index contributed by atoms with van der Waals surface area (Å²) in [5, 5.41) is 15.1. The van der Waals surface area contributed by atoms with Crippen LogP contribution >= 0.6 is 24.0 Å². The van der Waals surface area contributed by atoms with Crippen LogP contribution in [0.2, 0.25) is 0 Å². The quantitative estimate of drug-likeness (QED) is 0.455. The van der Waals surface area contributed by atoms with Crippen LogP contribution in [-0.2, 0) is 19.5 Å². The molecule has 1 unspecified atom stereocenters. The molecule has 1 aromatic heterocycles. The Hall–Kier alpha value is -0.860. The van der Waals surface area contributed by atoms with Crippen LogP contribution < -0.4 is 10.6 Å². The Labute approximate surface area is 137 Å². The summed E-state index contributed by atoms with van der Waals surface area (Å²) in [6.07, 6.45) is 3.29. The van der Waals surface area contributed by atoms with E-state index in [4.69, 9.17) is 0 Å². The predicted octanol–water partition coefficient (Wildman–Crippen LogP) is 1.70. The predicted molar refractivity (Wildman–Crippen MR) is 91.5 cm³/mol. The minimum Gasteiger partial charge on any atom is -0.357 e. The van der Waals surface area contributed by atoms with Gasteiger partial charge in [-0.2, -0.15) is 0 Å². The Balaban J connectivity index is 0.00000200. The van der Waals surface area contributed by atoms with Gasteiger partial charge in [-0.3, -0.25) is 0 Å². The van der Waals surface area contributed by atoms with Gasteiger partial charge in [-0.25, -0.2) is 4.99 Å². The number of halogens is 1. The topological polar surface area (TPSA) is 67.1 Å². The fourth-order valence-corrected chi connectivity index (χ4v) is 2.13. The van der Waals surface area contributed by atoms with E-state index in [1.807, 2.05) is 0 Å². The molecule has 2 N–H and O–H groups in total. The zero-order chi connectivity index (χ0) is 13.7. The lowest BCUT2D eigenvalue weighted by atomic mass is 10.3. The smallest absolute Gasteiger partial charge is 0.191 e. The Morgan fingerprint density at radius 3 is 2.90 bits per heavy atom. The third-order valence-corrected chi connectivity index (χ3v) is 3.40. The summed E-state index contributed by atoms with van der Waals surface area (Å²) in [5.41, 5.74) is 0. The van der Waals surface area contributed by atoms with Gasteiger partial charge in [0.15, 0.2) is 11.8 Å². The third kappa shape index (κ3) is 4.32. The summed E-state index contributed by atoms with van der Waals surface area (Å²) < 4.78 is 2.19. The van der Waals surface area contributed by atoms with Crippen molar-refractivity contribution in [3.63, 3.8) is 0 Å². The van der Waals surface area contributed by atoms with E-state index in [1.54, 1.807) is 0 Å². The summed E-state index contributed by atoms with van der Waals surface area (Å²) in [6.45, 7) is 8.86. The van der Waals surface area contributed by atoms with Crippen molar-refractivity contribution in [3.8, 4) is 0 Å². The molecule has 1 aromatic rings. The molecule has 1 atom stereocenters. The van der Waals surface area contributed by atoms with Crippen molar-refractivity contribution in [1.82, 2.24) is 25.4 Å². The molecule has 0 aromatic carbocycles. The lowest BCUT2D eigenvalue weighted by Gasteiger charge is -2.16. The van der Waals surface area contributed by atoms with Gasteiger partial charge in [-0.05, 0) is 26.7 Å².